The van der Waals surface area contributed by atoms with Crippen LogP contribution >= 0.6 is 0 Å². The third-order valence-corrected chi connectivity index (χ3v) is 2.20. The number of unbranched alkanes of at least 4 members (excludes halogenated alkanes) is 1. The van der Waals surface area contributed by atoms with Crippen LogP contribution < -0.4 is 0 Å². The first-order valence-electron chi connectivity index (χ1n) is 6.08. The number of hydrogen-bond donors (Lipinski definition) is 0. The maximum Gasteiger partial charge on any atom is 0.309 e. The van der Waals surface area contributed by atoms with Crippen molar-refractivity contribution in [2.75, 3.05) is 0 Å². The topological polar surface area (TPSA) is 26.3 Å². The van der Waals surface area contributed by atoms with Crippen LogP contribution in [0, 0.1) is 5.92 Å². The van der Waals surface area contributed by atoms with Gasteiger partial charge in [0.05, 0.1) is 5.92 Å². The first kappa shape index (κ1) is 15.2. The minimum Gasteiger partial charge on any atom is -0.460 e. The summed E-state index contributed by atoms with van der Waals surface area (Å²) in [7, 11) is 0. The minimum atomic E-state index is -0.370. The van der Waals surface area contributed by atoms with Crippen LogP contribution in [-0.4, -0.2) is 11.6 Å². The van der Waals surface area contributed by atoms with E-state index in [2.05, 4.69) is 19.9 Å². The molecule has 0 aromatic heterocycles. The fraction of sp³-hybridized carbons (Fsp3) is 0.786. The SMILES string of the molecule is CC(C)=CCCCC(C)C(=O)OC(C)(C)C. The molecule has 0 saturated heterocycles. The summed E-state index contributed by atoms with van der Waals surface area (Å²) in [6, 6.07) is 0. The Morgan fingerprint density at radius 2 is 1.88 bits per heavy atom. The molecule has 1 atom stereocenters. The first-order valence-corrected chi connectivity index (χ1v) is 6.08. The molecule has 0 heterocycles. The molecule has 0 amide bonds. The zero-order chi connectivity index (χ0) is 12.8. The van der Waals surface area contributed by atoms with Gasteiger partial charge >= 0.3 is 5.97 Å². The highest BCUT2D eigenvalue weighted by Crippen LogP contribution is 2.15. The van der Waals surface area contributed by atoms with E-state index in [1.807, 2.05) is 27.7 Å². The van der Waals surface area contributed by atoms with Gasteiger partial charge in [0.15, 0.2) is 0 Å². The number of carbonyl (C=O) groups is 1. The summed E-state index contributed by atoms with van der Waals surface area (Å²) in [4.78, 5) is 11.6. The Kier molecular flexibility index (Phi) is 6.39. The highest BCUT2D eigenvalue weighted by Gasteiger charge is 2.20. The molecular weight excluding hydrogens is 200 g/mol. The number of esters is 1. The van der Waals surface area contributed by atoms with Gasteiger partial charge in [-0.05, 0) is 53.9 Å². The molecule has 0 aromatic carbocycles. The second kappa shape index (κ2) is 6.72. The molecule has 2 heteroatoms. The Labute approximate surface area is 100 Å². The lowest BCUT2D eigenvalue weighted by Crippen LogP contribution is -2.27. The summed E-state index contributed by atoms with van der Waals surface area (Å²) >= 11 is 0. The van der Waals surface area contributed by atoms with E-state index in [1.54, 1.807) is 0 Å². The smallest absolute Gasteiger partial charge is 0.309 e. The van der Waals surface area contributed by atoms with Gasteiger partial charge in [0.2, 0.25) is 0 Å². The van der Waals surface area contributed by atoms with Crippen molar-refractivity contribution in [3.8, 4) is 0 Å². The standard InChI is InChI=1S/C14H26O2/c1-11(2)9-7-8-10-12(3)13(15)16-14(4,5)6/h9,12H,7-8,10H2,1-6H3. The molecule has 0 N–H and O–H groups in total. The Balaban J connectivity index is 3.85. The summed E-state index contributed by atoms with van der Waals surface area (Å²) < 4.78 is 5.32. The molecule has 0 radical (unpaired) electrons. The van der Waals surface area contributed by atoms with Crippen molar-refractivity contribution in [3.05, 3.63) is 11.6 Å². The van der Waals surface area contributed by atoms with E-state index in [4.69, 9.17) is 4.74 Å². The van der Waals surface area contributed by atoms with Crippen molar-refractivity contribution in [1.29, 1.82) is 0 Å². The van der Waals surface area contributed by atoms with Gasteiger partial charge in [-0.2, -0.15) is 0 Å². The zero-order valence-corrected chi connectivity index (χ0v) is 11.6. The minimum absolute atomic E-state index is 0.00443. The maximum atomic E-state index is 11.6. The number of allylic oxidation sites excluding steroid dienone is 2. The average molecular weight is 226 g/mol. The van der Waals surface area contributed by atoms with Gasteiger partial charge in [-0.25, -0.2) is 0 Å². The summed E-state index contributed by atoms with van der Waals surface area (Å²) in [6.45, 7) is 11.8. The van der Waals surface area contributed by atoms with E-state index in [-0.39, 0.29) is 17.5 Å². The third-order valence-electron chi connectivity index (χ3n) is 2.20. The molecule has 0 rings (SSSR count). The molecule has 0 aromatic rings. The lowest BCUT2D eigenvalue weighted by Gasteiger charge is -2.22. The summed E-state index contributed by atoms with van der Waals surface area (Å²) in [5.41, 5.74) is 0.968. The van der Waals surface area contributed by atoms with Crippen LogP contribution in [0.15, 0.2) is 11.6 Å². The van der Waals surface area contributed by atoms with Crippen molar-refractivity contribution in [1.82, 2.24) is 0 Å². The second-order valence-electron chi connectivity index (χ2n) is 5.65. The van der Waals surface area contributed by atoms with Crippen LogP contribution in [0.4, 0.5) is 0 Å². The highest BCUT2D eigenvalue weighted by atomic mass is 16.6. The normalized spacial score (nSPS) is 13.1. The van der Waals surface area contributed by atoms with Crippen molar-refractivity contribution >= 4 is 5.97 Å². The van der Waals surface area contributed by atoms with Gasteiger partial charge in [0.1, 0.15) is 5.60 Å². The van der Waals surface area contributed by atoms with Crippen molar-refractivity contribution < 1.29 is 9.53 Å². The molecular formula is C14H26O2. The molecule has 0 saturated carbocycles. The molecule has 0 aliphatic carbocycles. The first-order chi connectivity index (χ1) is 7.22. The Morgan fingerprint density at radius 3 is 2.31 bits per heavy atom. The van der Waals surface area contributed by atoms with E-state index < -0.39 is 0 Å². The van der Waals surface area contributed by atoms with E-state index in [0.29, 0.717) is 0 Å². The second-order valence-corrected chi connectivity index (χ2v) is 5.65. The van der Waals surface area contributed by atoms with Crippen LogP contribution in [0.3, 0.4) is 0 Å². The molecule has 16 heavy (non-hydrogen) atoms. The lowest BCUT2D eigenvalue weighted by molar-refractivity contribution is -0.159. The molecule has 0 fully saturated rings. The highest BCUT2D eigenvalue weighted by molar-refractivity contribution is 5.72. The van der Waals surface area contributed by atoms with Crippen molar-refractivity contribution in [2.45, 2.75) is 66.4 Å². The van der Waals surface area contributed by atoms with E-state index in [1.165, 1.54) is 5.57 Å². The molecule has 0 aliphatic heterocycles. The average Bonchev–Trinajstić information content (AvgIpc) is 2.08. The number of hydrogen-bond acceptors (Lipinski definition) is 2. The van der Waals surface area contributed by atoms with Gasteiger partial charge in [0.25, 0.3) is 0 Å². The van der Waals surface area contributed by atoms with E-state index in [0.717, 1.165) is 19.3 Å². The quantitative estimate of drug-likeness (QED) is 0.401. The largest absolute Gasteiger partial charge is 0.460 e. The molecule has 2 nitrogen and oxygen atoms in total. The van der Waals surface area contributed by atoms with Gasteiger partial charge in [-0.3, -0.25) is 4.79 Å². The predicted molar refractivity (Wildman–Crippen MR) is 68.3 cm³/mol. The van der Waals surface area contributed by atoms with Crippen LogP contribution in [0.2, 0.25) is 0 Å². The molecule has 0 bridgehead atoms. The van der Waals surface area contributed by atoms with Gasteiger partial charge in [-0.15, -0.1) is 0 Å². The summed E-state index contributed by atoms with van der Waals surface area (Å²) in [5, 5.41) is 0. The van der Waals surface area contributed by atoms with E-state index in [9.17, 15) is 4.79 Å². The van der Waals surface area contributed by atoms with Gasteiger partial charge < -0.3 is 4.74 Å². The molecule has 1 unspecified atom stereocenters. The summed E-state index contributed by atoms with van der Waals surface area (Å²) in [5.74, 6) is -0.0745. The molecule has 0 spiro atoms. The Morgan fingerprint density at radius 1 is 1.31 bits per heavy atom. The maximum absolute atomic E-state index is 11.6. The number of ether oxygens (including phenoxy) is 1. The van der Waals surface area contributed by atoms with Crippen LogP contribution in [0.5, 0.6) is 0 Å². The van der Waals surface area contributed by atoms with Gasteiger partial charge in [0, 0.05) is 0 Å². The predicted octanol–water partition coefficient (Wildman–Crippen LogP) is 4.10. The number of rotatable bonds is 5. The van der Waals surface area contributed by atoms with Crippen LogP contribution in [-0.2, 0) is 9.53 Å². The fourth-order valence-electron chi connectivity index (χ4n) is 1.33. The lowest BCUT2D eigenvalue weighted by atomic mass is 10.0. The van der Waals surface area contributed by atoms with Gasteiger partial charge in [-0.1, -0.05) is 18.6 Å². The molecule has 0 aliphatic rings. The van der Waals surface area contributed by atoms with Crippen LogP contribution in [0.25, 0.3) is 0 Å². The van der Waals surface area contributed by atoms with Crippen molar-refractivity contribution in [3.63, 3.8) is 0 Å². The fourth-order valence-corrected chi connectivity index (χ4v) is 1.33. The molecule has 94 valence electrons. The van der Waals surface area contributed by atoms with Crippen molar-refractivity contribution in [2.24, 2.45) is 5.92 Å². The Bertz CT molecular complexity index is 242. The van der Waals surface area contributed by atoms with E-state index >= 15 is 0 Å². The Hall–Kier alpha value is -0.790. The zero-order valence-electron chi connectivity index (χ0n) is 11.6. The number of carbonyl (C=O) groups excluding carboxylic acids is 1. The summed E-state index contributed by atoms with van der Waals surface area (Å²) in [6.07, 6.45) is 5.21. The third kappa shape index (κ3) is 8.51. The monoisotopic (exact) mass is 226 g/mol. The van der Waals surface area contributed by atoms with Crippen LogP contribution in [0.1, 0.15) is 60.8 Å².